The Morgan fingerprint density at radius 3 is 2.29 bits per heavy atom. The first-order valence-corrected chi connectivity index (χ1v) is 7.67. The second-order valence-electron chi connectivity index (χ2n) is 5.79. The van der Waals surface area contributed by atoms with Gasteiger partial charge in [-0.05, 0) is 50.2 Å². The van der Waals surface area contributed by atoms with E-state index in [0.29, 0.717) is 17.0 Å². The van der Waals surface area contributed by atoms with Crippen LogP contribution in [-0.4, -0.2) is 17.1 Å². The predicted molar refractivity (Wildman–Crippen MR) is 89.9 cm³/mol. The van der Waals surface area contributed by atoms with Gasteiger partial charge in [0.25, 0.3) is 5.91 Å². The van der Waals surface area contributed by atoms with Gasteiger partial charge in [-0.25, -0.2) is 4.39 Å². The summed E-state index contributed by atoms with van der Waals surface area (Å²) >= 11 is 0. The number of carbonyl (C=O) groups is 1. The molecule has 4 nitrogen and oxygen atoms in total. The number of nitrogens with zero attached hydrogens (tertiary/aromatic N) is 1. The molecule has 1 N–H and O–H groups in total. The second kappa shape index (κ2) is 6.66. The molecule has 0 spiro atoms. The highest BCUT2D eigenvalue weighted by molar-refractivity contribution is 5.94. The summed E-state index contributed by atoms with van der Waals surface area (Å²) in [7, 11) is 0. The van der Waals surface area contributed by atoms with Crippen molar-refractivity contribution in [3.05, 3.63) is 66.0 Å². The quantitative estimate of drug-likeness (QED) is 0.779. The Labute approximate surface area is 139 Å². The van der Waals surface area contributed by atoms with Crippen LogP contribution in [0.4, 0.5) is 4.39 Å². The lowest BCUT2D eigenvalue weighted by molar-refractivity contribution is 0.0943. The van der Waals surface area contributed by atoms with Gasteiger partial charge in [-0.3, -0.25) is 4.79 Å². The first-order chi connectivity index (χ1) is 11.5. The van der Waals surface area contributed by atoms with Crippen LogP contribution in [-0.2, 0) is 0 Å². The van der Waals surface area contributed by atoms with Gasteiger partial charge in [-0.2, -0.15) is 0 Å². The third-order valence-electron chi connectivity index (χ3n) is 3.50. The number of aromatic nitrogens is 1. The fraction of sp³-hybridized carbons (Fsp3) is 0.158. The first-order valence-electron chi connectivity index (χ1n) is 7.67. The Kier molecular flexibility index (Phi) is 4.42. The van der Waals surface area contributed by atoms with Crippen LogP contribution in [0.2, 0.25) is 0 Å². The third-order valence-corrected chi connectivity index (χ3v) is 3.50. The number of hydrogen-bond acceptors (Lipinski definition) is 3. The van der Waals surface area contributed by atoms with Crippen molar-refractivity contribution in [2.45, 2.75) is 19.9 Å². The molecule has 2 aromatic carbocycles. The summed E-state index contributed by atoms with van der Waals surface area (Å²) in [6, 6.07) is 15.0. The van der Waals surface area contributed by atoms with E-state index in [0.717, 1.165) is 11.1 Å². The second-order valence-corrected chi connectivity index (χ2v) is 5.79. The normalized spacial score (nSPS) is 10.8. The lowest BCUT2D eigenvalue weighted by Gasteiger charge is -2.08. The summed E-state index contributed by atoms with van der Waals surface area (Å²) in [6.07, 6.45) is 0. The fourth-order valence-electron chi connectivity index (χ4n) is 2.30. The molecule has 0 aliphatic heterocycles. The van der Waals surface area contributed by atoms with Crippen molar-refractivity contribution >= 4 is 5.91 Å². The monoisotopic (exact) mass is 324 g/mol. The van der Waals surface area contributed by atoms with Crippen molar-refractivity contribution in [1.82, 2.24) is 10.5 Å². The van der Waals surface area contributed by atoms with Crippen LogP contribution < -0.4 is 5.32 Å². The smallest absolute Gasteiger partial charge is 0.251 e. The maximum atomic E-state index is 13.0. The van der Waals surface area contributed by atoms with Crippen LogP contribution >= 0.6 is 0 Å². The van der Waals surface area contributed by atoms with E-state index in [1.807, 2.05) is 26.0 Å². The van der Waals surface area contributed by atoms with Crippen LogP contribution in [0.5, 0.6) is 0 Å². The van der Waals surface area contributed by atoms with Gasteiger partial charge < -0.3 is 9.84 Å². The summed E-state index contributed by atoms with van der Waals surface area (Å²) < 4.78 is 18.3. The molecule has 0 fully saturated rings. The number of rotatable bonds is 4. The fourth-order valence-corrected chi connectivity index (χ4v) is 2.30. The molecule has 1 amide bonds. The molecule has 1 heterocycles. The highest BCUT2D eigenvalue weighted by Gasteiger charge is 2.11. The topological polar surface area (TPSA) is 55.1 Å². The Balaban J connectivity index is 1.80. The first kappa shape index (κ1) is 15.9. The Bertz CT molecular complexity index is 837. The molecule has 3 aromatic rings. The summed E-state index contributed by atoms with van der Waals surface area (Å²) in [5.74, 6) is 0.184. The van der Waals surface area contributed by atoms with Gasteiger partial charge in [-0.1, -0.05) is 17.3 Å². The van der Waals surface area contributed by atoms with Gasteiger partial charge >= 0.3 is 0 Å². The van der Waals surface area contributed by atoms with Crippen molar-refractivity contribution in [1.29, 1.82) is 0 Å². The number of hydrogen-bond donors (Lipinski definition) is 1. The molecule has 0 unspecified atom stereocenters. The zero-order chi connectivity index (χ0) is 17.1. The van der Waals surface area contributed by atoms with E-state index in [9.17, 15) is 9.18 Å². The zero-order valence-corrected chi connectivity index (χ0v) is 13.4. The molecule has 0 bridgehead atoms. The lowest BCUT2D eigenvalue weighted by atomic mass is 10.1. The number of nitrogens with one attached hydrogen (secondary N) is 1. The summed E-state index contributed by atoms with van der Waals surface area (Å²) in [5, 5.41) is 6.86. The molecule has 24 heavy (non-hydrogen) atoms. The highest BCUT2D eigenvalue weighted by atomic mass is 19.1. The Hall–Kier alpha value is -2.95. The molecule has 0 saturated heterocycles. The van der Waals surface area contributed by atoms with Gasteiger partial charge in [0.2, 0.25) is 0 Å². The van der Waals surface area contributed by atoms with Crippen LogP contribution in [0.3, 0.4) is 0 Å². The molecule has 0 saturated carbocycles. The minimum atomic E-state index is -0.294. The van der Waals surface area contributed by atoms with E-state index in [-0.39, 0.29) is 17.8 Å². The third kappa shape index (κ3) is 3.51. The van der Waals surface area contributed by atoms with Crippen LogP contribution in [0, 0.1) is 5.82 Å². The summed E-state index contributed by atoms with van der Waals surface area (Å²) in [4.78, 5) is 11.9. The summed E-state index contributed by atoms with van der Waals surface area (Å²) in [5.41, 5.74) is 2.81. The molecule has 1 aromatic heterocycles. The van der Waals surface area contributed by atoms with Crippen LogP contribution in [0.25, 0.3) is 22.6 Å². The molecule has 0 atom stereocenters. The SMILES string of the molecule is CC(C)NC(=O)c1ccc(-c2cc(-c3ccc(F)cc3)no2)cc1. The van der Waals surface area contributed by atoms with Crippen molar-refractivity contribution in [3.63, 3.8) is 0 Å². The summed E-state index contributed by atoms with van der Waals surface area (Å²) in [6.45, 7) is 3.83. The van der Waals surface area contributed by atoms with Crippen LogP contribution in [0.15, 0.2) is 59.1 Å². The van der Waals surface area contributed by atoms with E-state index in [2.05, 4.69) is 10.5 Å². The molecule has 5 heteroatoms. The van der Waals surface area contributed by atoms with E-state index in [4.69, 9.17) is 4.52 Å². The average molecular weight is 324 g/mol. The van der Waals surface area contributed by atoms with Gasteiger partial charge in [0.05, 0.1) is 0 Å². The van der Waals surface area contributed by atoms with Gasteiger partial charge in [0, 0.05) is 28.8 Å². The zero-order valence-electron chi connectivity index (χ0n) is 13.4. The average Bonchev–Trinajstić information content (AvgIpc) is 3.05. The number of carbonyl (C=O) groups excluding carboxylic acids is 1. The van der Waals surface area contributed by atoms with Gasteiger partial charge in [0.1, 0.15) is 11.5 Å². The minimum Gasteiger partial charge on any atom is -0.356 e. The molecule has 0 aliphatic rings. The lowest BCUT2D eigenvalue weighted by Crippen LogP contribution is -2.29. The van der Waals surface area contributed by atoms with Crippen molar-refractivity contribution < 1.29 is 13.7 Å². The Morgan fingerprint density at radius 2 is 1.67 bits per heavy atom. The predicted octanol–water partition coefficient (Wildman–Crippen LogP) is 4.29. The highest BCUT2D eigenvalue weighted by Crippen LogP contribution is 2.26. The molecule has 0 radical (unpaired) electrons. The van der Waals surface area contributed by atoms with Gasteiger partial charge in [-0.15, -0.1) is 0 Å². The maximum absolute atomic E-state index is 13.0. The van der Waals surface area contributed by atoms with E-state index < -0.39 is 0 Å². The standard InChI is InChI=1S/C19H17FN2O2/c1-12(2)21-19(23)15-5-3-14(4-6-15)18-11-17(22-24-18)13-7-9-16(20)10-8-13/h3-12H,1-2H3,(H,21,23). The largest absolute Gasteiger partial charge is 0.356 e. The van der Waals surface area contributed by atoms with E-state index >= 15 is 0 Å². The number of benzene rings is 2. The van der Waals surface area contributed by atoms with Crippen LogP contribution in [0.1, 0.15) is 24.2 Å². The molecule has 122 valence electrons. The molecule has 0 aliphatic carbocycles. The van der Waals surface area contributed by atoms with E-state index in [1.54, 1.807) is 30.3 Å². The van der Waals surface area contributed by atoms with Crippen molar-refractivity contribution in [2.24, 2.45) is 0 Å². The Morgan fingerprint density at radius 1 is 1.04 bits per heavy atom. The van der Waals surface area contributed by atoms with Crippen molar-refractivity contribution in [3.8, 4) is 22.6 Å². The minimum absolute atomic E-state index is 0.0877. The molecule has 3 rings (SSSR count). The number of halogens is 1. The number of amides is 1. The maximum Gasteiger partial charge on any atom is 0.251 e. The molecular weight excluding hydrogens is 307 g/mol. The van der Waals surface area contributed by atoms with Gasteiger partial charge in [0.15, 0.2) is 5.76 Å². The van der Waals surface area contributed by atoms with E-state index in [1.165, 1.54) is 12.1 Å². The van der Waals surface area contributed by atoms with Crippen molar-refractivity contribution in [2.75, 3.05) is 0 Å². The molecular formula is C19H17FN2O2.